The number of rotatable bonds is 6. The van der Waals surface area contributed by atoms with Gasteiger partial charge in [0.1, 0.15) is 0 Å². The Bertz CT molecular complexity index is 899. The number of fused-ring (bicyclic) bond motifs is 1. The third kappa shape index (κ3) is 4.79. The lowest BCUT2D eigenvalue weighted by Gasteiger charge is -2.25. The van der Waals surface area contributed by atoms with Crippen LogP contribution in [0.15, 0.2) is 36.9 Å². The Hall–Kier alpha value is -2.11. The van der Waals surface area contributed by atoms with Crippen LogP contribution in [0.4, 0.5) is 0 Å². The van der Waals surface area contributed by atoms with E-state index in [0.29, 0.717) is 18.3 Å². The minimum atomic E-state index is 0.103. The molecule has 0 unspecified atom stereocenters. The van der Waals surface area contributed by atoms with Crippen molar-refractivity contribution in [3.8, 4) is 0 Å². The molecule has 0 bridgehead atoms. The minimum absolute atomic E-state index is 0.103. The van der Waals surface area contributed by atoms with Crippen molar-refractivity contribution in [2.24, 2.45) is 0 Å². The zero-order valence-corrected chi connectivity index (χ0v) is 18.3. The summed E-state index contributed by atoms with van der Waals surface area (Å²) in [7, 11) is 0. The number of hydrogen-bond donors (Lipinski definition) is 1. The molecule has 1 atom stereocenters. The van der Waals surface area contributed by atoms with Crippen LogP contribution in [0.5, 0.6) is 0 Å². The van der Waals surface area contributed by atoms with Crippen LogP contribution >= 0.6 is 11.6 Å². The standard InChI is InChI=1S/C24H31ClN4O/c1-2-12-29-22-11-10-20(26-17-18-8-7-9-19(25)15-18)16-21(22)23(27-29)24(30)28-13-5-3-4-6-14-28/h2,7-9,15,20,26H,1,3-6,10-14,16-17H2/t20-/m1/s1. The summed E-state index contributed by atoms with van der Waals surface area (Å²) in [6.07, 6.45) is 9.25. The smallest absolute Gasteiger partial charge is 0.274 e. The summed E-state index contributed by atoms with van der Waals surface area (Å²) in [4.78, 5) is 15.4. The average molecular weight is 427 g/mol. The van der Waals surface area contributed by atoms with Gasteiger partial charge in [-0.2, -0.15) is 5.10 Å². The molecule has 30 heavy (non-hydrogen) atoms. The molecule has 1 aromatic heterocycles. The maximum absolute atomic E-state index is 13.4. The summed E-state index contributed by atoms with van der Waals surface area (Å²) in [6, 6.07) is 8.29. The van der Waals surface area contributed by atoms with Gasteiger partial charge in [0.2, 0.25) is 0 Å². The molecule has 6 heteroatoms. The predicted octanol–water partition coefficient (Wildman–Crippen LogP) is 4.39. The number of allylic oxidation sites excluding steroid dienone is 1. The molecular formula is C24H31ClN4O. The molecule has 0 radical (unpaired) electrons. The van der Waals surface area contributed by atoms with Crippen molar-refractivity contribution in [1.29, 1.82) is 0 Å². The van der Waals surface area contributed by atoms with E-state index < -0.39 is 0 Å². The van der Waals surface area contributed by atoms with Crippen molar-refractivity contribution in [2.45, 2.75) is 64.1 Å². The van der Waals surface area contributed by atoms with Gasteiger partial charge in [0.25, 0.3) is 5.91 Å². The Kier molecular flexibility index (Phi) is 6.90. The van der Waals surface area contributed by atoms with Crippen LogP contribution in [0.25, 0.3) is 0 Å². The predicted molar refractivity (Wildman–Crippen MR) is 121 cm³/mol. The Labute approximate surface area is 184 Å². The van der Waals surface area contributed by atoms with E-state index in [1.807, 2.05) is 33.9 Å². The Morgan fingerprint density at radius 2 is 2.07 bits per heavy atom. The van der Waals surface area contributed by atoms with Crippen LogP contribution in [0.2, 0.25) is 5.02 Å². The molecule has 2 aromatic rings. The molecule has 1 N–H and O–H groups in total. The lowest BCUT2D eigenvalue weighted by molar-refractivity contribution is 0.0753. The summed E-state index contributed by atoms with van der Waals surface area (Å²) in [5.74, 6) is 0.103. The SMILES string of the molecule is C=CCn1nc(C(=O)N2CCCCCC2)c2c1CC[C@@H](NCc1cccc(Cl)c1)C2. The van der Waals surface area contributed by atoms with Crippen molar-refractivity contribution in [2.75, 3.05) is 13.1 Å². The van der Waals surface area contributed by atoms with E-state index in [4.69, 9.17) is 16.7 Å². The van der Waals surface area contributed by atoms with Crippen LogP contribution < -0.4 is 5.32 Å². The number of nitrogens with one attached hydrogen (secondary N) is 1. The first-order valence-electron chi connectivity index (χ1n) is 11.1. The van der Waals surface area contributed by atoms with E-state index in [1.165, 1.54) is 24.1 Å². The highest BCUT2D eigenvalue weighted by Crippen LogP contribution is 2.27. The van der Waals surface area contributed by atoms with Gasteiger partial charge in [-0.05, 0) is 49.8 Å². The molecule has 160 valence electrons. The molecule has 4 rings (SSSR count). The molecule has 1 amide bonds. The number of halogens is 1. The van der Waals surface area contributed by atoms with Crippen LogP contribution in [-0.4, -0.2) is 39.7 Å². The van der Waals surface area contributed by atoms with Gasteiger partial charge in [-0.1, -0.05) is 42.7 Å². The van der Waals surface area contributed by atoms with Crippen LogP contribution in [-0.2, 0) is 25.9 Å². The fraction of sp³-hybridized carbons (Fsp3) is 0.500. The van der Waals surface area contributed by atoms with Crippen molar-refractivity contribution in [3.63, 3.8) is 0 Å². The number of carbonyl (C=O) groups excluding carboxylic acids is 1. The molecule has 1 fully saturated rings. The molecule has 1 aliphatic heterocycles. The van der Waals surface area contributed by atoms with Crippen molar-refractivity contribution >= 4 is 17.5 Å². The molecule has 1 aromatic carbocycles. The van der Waals surface area contributed by atoms with Crippen molar-refractivity contribution < 1.29 is 4.79 Å². The summed E-state index contributed by atoms with van der Waals surface area (Å²) in [6.45, 7) is 6.98. The second kappa shape index (κ2) is 9.80. The first kappa shape index (κ1) is 21.1. The molecule has 1 aliphatic carbocycles. The molecular weight excluding hydrogens is 396 g/mol. The van der Waals surface area contributed by atoms with Gasteiger partial charge in [-0.25, -0.2) is 0 Å². The number of nitrogens with zero attached hydrogens (tertiary/aromatic N) is 3. The van der Waals surface area contributed by atoms with Gasteiger partial charge in [-0.3, -0.25) is 9.48 Å². The quantitative estimate of drug-likeness (QED) is 0.697. The van der Waals surface area contributed by atoms with Gasteiger partial charge >= 0.3 is 0 Å². The third-order valence-corrected chi connectivity index (χ3v) is 6.46. The lowest BCUT2D eigenvalue weighted by atomic mass is 9.91. The molecule has 0 spiro atoms. The van der Waals surface area contributed by atoms with Crippen molar-refractivity contribution in [3.05, 3.63) is 64.5 Å². The van der Waals surface area contributed by atoms with Crippen LogP contribution in [0.1, 0.15) is 59.4 Å². The monoisotopic (exact) mass is 426 g/mol. The lowest BCUT2D eigenvalue weighted by Crippen LogP contribution is -2.36. The highest BCUT2D eigenvalue weighted by atomic mass is 35.5. The second-order valence-corrected chi connectivity index (χ2v) is 8.84. The normalized spacial score (nSPS) is 19.2. The van der Waals surface area contributed by atoms with Crippen molar-refractivity contribution in [1.82, 2.24) is 20.0 Å². The Balaban J connectivity index is 1.52. The fourth-order valence-corrected chi connectivity index (χ4v) is 4.85. The molecule has 1 saturated heterocycles. The summed E-state index contributed by atoms with van der Waals surface area (Å²) in [5, 5.41) is 9.18. The van der Waals surface area contributed by atoms with E-state index in [0.717, 1.165) is 62.3 Å². The topological polar surface area (TPSA) is 50.2 Å². The van der Waals surface area contributed by atoms with Gasteiger partial charge in [0, 0.05) is 42.0 Å². The second-order valence-electron chi connectivity index (χ2n) is 8.40. The number of likely N-dealkylation sites (tertiary alicyclic amines) is 1. The molecule has 5 nitrogen and oxygen atoms in total. The van der Waals surface area contributed by atoms with E-state index in [2.05, 4.69) is 18.0 Å². The largest absolute Gasteiger partial charge is 0.337 e. The fourth-order valence-electron chi connectivity index (χ4n) is 4.64. The zero-order chi connectivity index (χ0) is 20.9. The van der Waals surface area contributed by atoms with E-state index in [1.54, 1.807) is 0 Å². The van der Waals surface area contributed by atoms with Gasteiger partial charge in [0.05, 0.1) is 6.54 Å². The Morgan fingerprint density at radius 1 is 1.27 bits per heavy atom. The van der Waals surface area contributed by atoms with Crippen LogP contribution in [0, 0.1) is 0 Å². The third-order valence-electron chi connectivity index (χ3n) is 6.23. The van der Waals surface area contributed by atoms with E-state index in [-0.39, 0.29) is 5.91 Å². The first-order chi connectivity index (χ1) is 14.7. The summed E-state index contributed by atoms with van der Waals surface area (Å²) < 4.78 is 1.99. The number of hydrogen-bond acceptors (Lipinski definition) is 3. The van der Waals surface area contributed by atoms with Gasteiger partial charge in [-0.15, -0.1) is 6.58 Å². The maximum Gasteiger partial charge on any atom is 0.274 e. The van der Waals surface area contributed by atoms with Gasteiger partial charge < -0.3 is 10.2 Å². The summed E-state index contributed by atoms with van der Waals surface area (Å²) >= 11 is 6.12. The Morgan fingerprint density at radius 3 is 2.80 bits per heavy atom. The number of aromatic nitrogens is 2. The molecule has 2 heterocycles. The van der Waals surface area contributed by atoms with Crippen LogP contribution in [0.3, 0.4) is 0 Å². The number of amides is 1. The highest BCUT2D eigenvalue weighted by molar-refractivity contribution is 6.30. The maximum atomic E-state index is 13.4. The van der Waals surface area contributed by atoms with Gasteiger partial charge in [0.15, 0.2) is 5.69 Å². The number of benzene rings is 1. The average Bonchev–Trinajstić information content (AvgIpc) is 2.92. The first-order valence-corrected chi connectivity index (χ1v) is 11.5. The number of carbonyl (C=O) groups is 1. The minimum Gasteiger partial charge on any atom is -0.337 e. The zero-order valence-electron chi connectivity index (χ0n) is 17.6. The highest BCUT2D eigenvalue weighted by Gasteiger charge is 2.31. The molecule has 0 saturated carbocycles. The molecule has 2 aliphatic rings. The summed E-state index contributed by atoms with van der Waals surface area (Å²) in [5.41, 5.74) is 4.16. The van der Waals surface area contributed by atoms with E-state index in [9.17, 15) is 4.79 Å². The van der Waals surface area contributed by atoms with E-state index >= 15 is 0 Å².